The number of carbonyl (C=O) groups excluding carboxylic acids is 2. The monoisotopic (exact) mass is 158 g/mol. The van der Waals surface area contributed by atoms with Crippen molar-refractivity contribution < 1.29 is 14.3 Å². The minimum absolute atomic E-state index is 0.123. The Balaban J connectivity index is 2.76. The van der Waals surface area contributed by atoms with Crippen molar-refractivity contribution in [1.29, 1.82) is 0 Å². The molecule has 0 amide bonds. The van der Waals surface area contributed by atoms with Crippen molar-refractivity contribution >= 4 is 28.6 Å². The molecule has 0 aromatic heterocycles. The molecule has 0 radical (unpaired) electrons. The van der Waals surface area contributed by atoms with E-state index in [9.17, 15) is 9.59 Å². The fourth-order valence-corrected chi connectivity index (χ4v) is 0.929. The van der Waals surface area contributed by atoms with Crippen molar-refractivity contribution in [2.45, 2.75) is 13.0 Å². The smallest absolute Gasteiger partial charge is 0.208 e. The van der Waals surface area contributed by atoms with Gasteiger partial charge in [0.1, 0.15) is 0 Å². The Morgan fingerprint density at radius 1 is 1.80 bits per heavy atom. The van der Waals surface area contributed by atoms with E-state index in [1.54, 1.807) is 0 Å². The fourth-order valence-electron chi connectivity index (χ4n) is 0.754. The molecule has 0 bridgehead atoms. The molecule has 10 heavy (non-hydrogen) atoms. The Morgan fingerprint density at radius 3 is 2.60 bits per heavy atom. The van der Waals surface area contributed by atoms with Crippen molar-refractivity contribution in [1.82, 2.24) is 0 Å². The van der Waals surface area contributed by atoms with Gasteiger partial charge in [0.2, 0.25) is 5.78 Å². The molecule has 1 unspecified atom stereocenters. The Kier molecular flexibility index (Phi) is 1.92. The fraction of sp³-hybridized carbons (Fsp3) is 0.500. The summed E-state index contributed by atoms with van der Waals surface area (Å²) in [4.78, 5) is 21.7. The minimum atomic E-state index is -0.910. The third kappa shape index (κ3) is 1.12. The molecule has 1 saturated heterocycles. The molecule has 54 valence electrons. The second kappa shape index (κ2) is 2.56. The molecule has 1 aliphatic rings. The number of hydrogen-bond acceptors (Lipinski definition) is 4. The van der Waals surface area contributed by atoms with E-state index in [0.717, 1.165) is 0 Å². The van der Waals surface area contributed by atoms with Crippen LogP contribution in [0.3, 0.4) is 0 Å². The summed E-state index contributed by atoms with van der Waals surface area (Å²) >= 11 is 4.61. The number of carbonyl (C=O) groups is 2. The third-order valence-corrected chi connectivity index (χ3v) is 1.58. The maximum Gasteiger partial charge on any atom is 0.208 e. The highest BCUT2D eigenvalue weighted by molar-refractivity contribution is 7.82. The number of rotatable bonds is 1. The van der Waals surface area contributed by atoms with Crippen LogP contribution in [-0.2, 0) is 14.3 Å². The lowest BCUT2D eigenvalue weighted by molar-refractivity contribution is -0.133. The van der Waals surface area contributed by atoms with Crippen LogP contribution < -0.4 is 0 Å². The van der Waals surface area contributed by atoms with Crippen LogP contribution in [0.5, 0.6) is 0 Å². The topological polar surface area (TPSA) is 43.4 Å². The lowest BCUT2D eigenvalue weighted by atomic mass is 10.1. The predicted octanol–water partition coefficient (Wildman–Crippen LogP) is -0.0868. The van der Waals surface area contributed by atoms with E-state index < -0.39 is 6.10 Å². The first kappa shape index (κ1) is 7.50. The Labute approximate surface area is 63.4 Å². The summed E-state index contributed by atoms with van der Waals surface area (Å²) in [6.45, 7) is 1.44. The van der Waals surface area contributed by atoms with Gasteiger partial charge in [-0.3, -0.25) is 9.59 Å². The Morgan fingerprint density at radius 2 is 2.40 bits per heavy atom. The summed E-state index contributed by atoms with van der Waals surface area (Å²) in [7, 11) is 0. The van der Waals surface area contributed by atoms with E-state index in [-0.39, 0.29) is 23.0 Å². The van der Waals surface area contributed by atoms with Gasteiger partial charge in [-0.15, -0.1) is 0 Å². The van der Waals surface area contributed by atoms with Crippen molar-refractivity contribution in [2.75, 3.05) is 6.61 Å². The second-order valence-electron chi connectivity index (χ2n) is 2.09. The van der Waals surface area contributed by atoms with Gasteiger partial charge in [0, 0.05) is 0 Å². The summed E-state index contributed by atoms with van der Waals surface area (Å²) in [5, 5.41) is 0. The summed E-state index contributed by atoms with van der Waals surface area (Å²) in [6.07, 6.45) is -0.910. The maximum atomic E-state index is 10.9. The zero-order chi connectivity index (χ0) is 7.72. The molecule has 1 rings (SSSR count). The van der Waals surface area contributed by atoms with E-state index in [4.69, 9.17) is 4.74 Å². The van der Waals surface area contributed by atoms with Crippen LogP contribution in [0.25, 0.3) is 0 Å². The summed E-state index contributed by atoms with van der Waals surface area (Å²) in [5.74, 6) is -0.618. The molecule has 0 saturated carbocycles. The van der Waals surface area contributed by atoms with Crippen molar-refractivity contribution in [3.05, 3.63) is 0 Å². The van der Waals surface area contributed by atoms with E-state index >= 15 is 0 Å². The number of hydrogen-bond donors (Lipinski definition) is 0. The number of ketones is 2. The predicted molar refractivity (Wildman–Crippen MR) is 38.0 cm³/mol. The third-order valence-electron chi connectivity index (χ3n) is 1.26. The van der Waals surface area contributed by atoms with Crippen LogP contribution in [0, 0.1) is 0 Å². The lowest BCUT2D eigenvalue weighted by Crippen LogP contribution is -2.26. The van der Waals surface area contributed by atoms with E-state index in [2.05, 4.69) is 12.2 Å². The van der Waals surface area contributed by atoms with E-state index in [1.807, 2.05) is 0 Å². The summed E-state index contributed by atoms with van der Waals surface area (Å²) < 4.78 is 4.80. The molecular formula is C6H6O3S. The quantitative estimate of drug-likeness (QED) is 0.395. The highest BCUT2D eigenvalue weighted by Gasteiger charge is 2.33. The maximum absolute atomic E-state index is 10.9. The van der Waals surface area contributed by atoms with Crippen LogP contribution in [0.4, 0.5) is 0 Å². The molecule has 3 nitrogen and oxygen atoms in total. The molecule has 0 aromatic rings. The highest BCUT2D eigenvalue weighted by atomic mass is 32.1. The molecule has 0 aromatic carbocycles. The molecule has 4 heteroatoms. The number of thiocarbonyl (C=S) groups is 1. The van der Waals surface area contributed by atoms with Crippen molar-refractivity contribution in [2.24, 2.45) is 0 Å². The van der Waals surface area contributed by atoms with Crippen molar-refractivity contribution in [3.63, 3.8) is 0 Å². The van der Waals surface area contributed by atoms with Gasteiger partial charge in [-0.05, 0) is 6.92 Å². The average molecular weight is 158 g/mol. The van der Waals surface area contributed by atoms with Gasteiger partial charge >= 0.3 is 0 Å². The van der Waals surface area contributed by atoms with E-state index in [1.165, 1.54) is 6.92 Å². The van der Waals surface area contributed by atoms with Gasteiger partial charge in [0.15, 0.2) is 11.9 Å². The average Bonchev–Trinajstić information content (AvgIpc) is 2.14. The van der Waals surface area contributed by atoms with Crippen LogP contribution in [0.2, 0.25) is 0 Å². The molecule has 1 atom stereocenters. The molecule has 1 aliphatic heterocycles. The zero-order valence-electron chi connectivity index (χ0n) is 5.42. The first-order chi connectivity index (χ1) is 4.63. The van der Waals surface area contributed by atoms with Gasteiger partial charge in [-0.1, -0.05) is 12.2 Å². The standard InChI is InChI=1S/C6H6O3S/c1-3(7)6-5(8)4(10)2-9-6/h6H,2H2,1H3. The Bertz CT molecular complexity index is 209. The minimum Gasteiger partial charge on any atom is -0.356 e. The van der Waals surface area contributed by atoms with Crippen LogP contribution in [-0.4, -0.2) is 29.1 Å². The number of Topliss-reactive ketones (excluding diaryl/α,β-unsaturated/α-hetero) is 2. The van der Waals surface area contributed by atoms with Crippen molar-refractivity contribution in [3.8, 4) is 0 Å². The molecule has 0 N–H and O–H groups in total. The zero-order valence-corrected chi connectivity index (χ0v) is 6.23. The molecule has 0 aliphatic carbocycles. The molecular weight excluding hydrogens is 152 g/mol. The van der Waals surface area contributed by atoms with Gasteiger partial charge in [-0.25, -0.2) is 0 Å². The summed E-state index contributed by atoms with van der Waals surface area (Å²) in [5.41, 5.74) is 0. The lowest BCUT2D eigenvalue weighted by Gasteiger charge is -1.98. The number of ether oxygens (including phenoxy) is 1. The van der Waals surface area contributed by atoms with E-state index in [0.29, 0.717) is 0 Å². The first-order valence-corrected chi connectivity index (χ1v) is 3.23. The van der Waals surface area contributed by atoms with Crippen LogP contribution in [0.15, 0.2) is 0 Å². The first-order valence-electron chi connectivity index (χ1n) is 2.82. The SMILES string of the molecule is CC(=O)C1OCC(=S)C1=O. The second-order valence-corrected chi connectivity index (χ2v) is 2.58. The molecule has 0 spiro atoms. The summed E-state index contributed by atoms with van der Waals surface area (Å²) in [6, 6.07) is 0. The van der Waals surface area contributed by atoms with Gasteiger partial charge in [0.25, 0.3) is 0 Å². The molecule has 1 fully saturated rings. The largest absolute Gasteiger partial charge is 0.356 e. The normalized spacial score (nSPS) is 25.5. The Hall–Kier alpha value is -0.610. The van der Waals surface area contributed by atoms with Gasteiger partial charge in [0.05, 0.1) is 11.5 Å². The highest BCUT2D eigenvalue weighted by Crippen LogP contribution is 2.06. The van der Waals surface area contributed by atoms with Crippen LogP contribution >= 0.6 is 12.2 Å². The van der Waals surface area contributed by atoms with Gasteiger partial charge in [-0.2, -0.15) is 0 Å². The van der Waals surface area contributed by atoms with Gasteiger partial charge < -0.3 is 4.74 Å². The van der Waals surface area contributed by atoms with Crippen LogP contribution in [0.1, 0.15) is 6.92 Å². The molecule has 1 heterocycles.